The van der Waals surface area contributed by atoms with Crippen molar-refractivity contribution in [1.29, 1.82) is 0 Å². The van der Waals surface area contributed by atoms with Gasteiger partial charge in [-0.2, -0.15) is 0 Å². The summed E-state index contributed by atoms with van der Waals surface area (Å²) in [7, 11) is -9.79. The van der Waals surface area contributed by atoms with Gasteiger partial charge in [0.05, 0.1) is 26.4 Å². The minimum atomic E-state index is -4.93. The highest BCUT2D eigenvalue weighted by Crippen LogP contribution is 2.45. The van der Waals surface area contributed by atoms with Crippen molar-refractivity contribution in [3.63, 3.8) is 0 Å². The Morgan fingerprint density at radius 2 is 0.515 bits per heavy atom. The number of carbonyl (C=O) groups is 3. The van der Waals surface area contributed by atoms with E-state index in [9.17, 15) is 43.5 Å². The summed E-state index contributed by atoms with van der Waals surface area (Å²) in [6.07, 6.45) is 92.6. The van der Waals surface area contributed by atoms with E-state index in [0.29, 0.717) is 19.3 Å². The number of ether oxygens (including phenoxy) is 3. The number of allylic oxidation sites excluding steroid dienone is 20. The molecular formula is C85H148O16P2. The summed E-state index contributed by atoms with van der Waals surface area (Å²) in [6, 6.07) is 0. The van der Waals surface area contributed by atoms with Crippen molar-refractivity contribution in [1.82, 2.24) is 0 Å². The zero-order valence-electron chi connectivity index (χ0n) is 65.0. The molecule has 0 fully saturated rings. The summed E-state index contributed by atoms with van der Waals surface area (Å²) in [6.45, 7) is 2.46. The molecule has 0 aliphatic carbocycles. The van der Waals surface area contributed by atoms with Crippen LogP contribution >= 0.6 is 15.6 Å². The highest BCUT2D eigenvalue weighted by atomic mass is 31.2. The van der Waals surface area contributed by atoms with E-state index in [2.05, 4.69) is 142 Å². The number of phosphoric acid groups is 2. The smallest absolute Gasteiger partial charge is 0.463 e. The monoisotopic (exact) mass is 1490 g/mol. The van der Waals surface area contributed by atoms with Gasteiger partial charge in [-0.3, -0.25) is 32.5 Å². The van der Waals surface area contributed by atoms with Gasteiger partial charge in [-0.25, -0.2) is 9.13 Å². The SMILES string of the molecule is CC/C=C\C/C=C\C/C=C\C/C=C\C/C=C\CCCCCCCCCCCCCCCCCCCC(=O)OCC(O)COP(=O)(O)OCC(O)COP(=O)(O)OCC(COC(=O)CCCCCCC/C=C\C/C=C\C/C=C\C/C=C\C/C=C\CC)OC(=O)CCCCCCCCCCCCCCC. The van der Waals surface area contributed by atoms with Gasteiger partial charge >= 0.3 is 33.6 Å². The zero-order chi connectivity index (χ0) is 75.2. The third-order valence-electron chi connectivity index (χ3n) is 17.2. The van der Waals surface area contributed by atoms with Crippen LogP contribution in [0.5, 0.6) is 0 Å². The first-order valence-electron chi connectivity index (χ1n) is 40.8. The van der Waals surface area contributed by atoms with Crippen LogP contribution < -0.4 is 0 Å². The van der Waals surface area contributed by atoms with Crippen molar-refractivity contribution >= 4 is 33.6 Å². The molecule has 0 bridgehead atoms. The largest absolute Gasteiger partial charge is 0.472 e. The standard InChI is InChI=1S/C85H148O16P2/c1-4-7-10-13-16-19-22-25-27-29-31-33-34-35-36-37-38-39-40-41-42-43-44-46-48-49-51-54-56-59-62-65-68-71-83(88)95-74-80(86)75-97-102(91,92)98-76-81(87)77-99-103(93,94)100-79-82(101-85(90)73-70-67-64-61-58-53-24-21-18-15-12-9-6-3)78-96-84(89)72-69-66-63-60-57-55-52-50-47-45-32-30-28-26-23-20-17-14-11-8-5-2/h7-8,10-11,16-17,19-20,25-28,31-33,35-36,45,50,52,80-82,86-87H,4-6,9,12-15,18,21-24,29-30,34,37-44,46-49,51,53-79H2,1-3H3,(H,91,92)(H,93,94)/b10-7-,11-8-,19-16-,20-17-,27-25-,28-26-,33-31-,36-35-,45-32-,52-50-. The maximum Gasteiger partial charge on any atom is 0.472 e. The first-order chi connectivity index (χ1) is 50.2. The van der Waals surface area contributed by atoms with Crippen molar-refractivity contribution in [3.05, 3.63) is 122 Å². The molecule has 5 atom stereocenters. The van der Waals surface area contributed by atoms with Crippen LogP contribution in [0.1, 0.15) is 342 Å². The highest BCUT2D eigenvalue weighted by Gasteiger charge is 2.29. The molecule has 0 spiro atoms. The summed E-state index contributed by atoms with van der Waals surface area (Å²) in [5.74, 6) is -1.58. The number of unbranched alkanes of at least 4 members (excludes halogenated alkanes) is 34. The molecule has 16 nitrogen and oxygen atoms in total. The van der Waals surface area contributed by atoms with E-state index >= 15 is 0 Å². The predicted molar refractivity (Wildman–Crippen MR) is 427 cm³/mol. The Kier molecular flexibility index (Phi) is 74.5. The van der Waals surface area contributed by atoms with Gasteiger partial charge in [0.2, 0.25) is 0 Å². The zero-order valence-corrected chi connectivity index (χ0v) is 66.7. The Labute approximate surface area is 627 Å². The molecule has 18 heteroatoms. The van der Waals surface area contributed by atoms with Crippen molar-refractivity contribution in [2.24, 2.45) is 0 Å². The molecule has 594 valence electrons. The lowest BCUT2D eigenvalue weighted by Gasteiger charge is -2.21. The fraction of sp³-hybridized carbons (Fsp3) is 0.729. The molecule has 4 N–H and O–H groups in total. The lowest BCUT2D eigenvalue weighted by atomic mass is 10.0. The maximum atomic E-state index is 12.9. The minimum absolute atomic E-state index is 0.102. The van der Waals surface area contributed by atoms with Gasteiger partial charge in [0.1, 0.15) is 25.4 Å². The fourth-order valence-corrected chi connectivity index (χ4v) is 12.6. The molecular weight excluding hydrogens is 1340 g/mol. The Morgan fingerprint density at radius 1 is 0.282 bits per heavy atom. The summed E-state index contributed by atoms with van der Waals surface area (Å²) < 4.78 is 61.1. The quantitative estimate of drug-likeness (QED) is 0.0146. The normalized spacial score (nSPS) is 14.6. The number of hydrogen-bond acceptors (Lipinski definition) is 14. The van der Waals surface area contributed by atoms with E-state index in [1.165, 1.54) is 141 Å². The summed E-state index contributed by atoms with van der Waals surface area (Å²) >= 11 is 0. The van der Waals surface area contributed by atoms with Crippen LogP contribution in [0.15, 0.2) is 122 Å². The van der Waals surface area contributed by atoms with Gasteiger partial charge in [-0.15, -0.1) is 0 Å². The molecule has 0 saturated heterocycles. The number of phosphoric ester groups is 2. The average Bonchev–Trinajstić information content (AvgIpc) is 0.937. The van der Waals surface area contributed by atoms with Gasteiger partial charge in [-0.1, -0.05) is 335 Å². The maximum absolute atomic E-state index is 12.9. The van der Waals surface area contributed by atoms with Crippen LogP contribution in [0.3, 0.4) is 0 Å². The van der Waals surface area contributed by atoms with Crippen molar-refractivity contribution in [3.8, 4) is 0 Å². The van der Waals surface area contributed by atoms with Gasteiger partial charge < -0.3 is 34.2 Å². The molecule has 0 saturated carbocycles. The van der Waals surface area contributed by atoms with Crippen LogP contribution in [-0.2, 0) is 55.8 Å². The number of carbonyl (C=O) groups excluding carboxylic acids is 3. The highest BCUT2D eigenvalue weighted by molar-refractivity contribution is 7.47. The van der Waals surface area contributed by atoms with E-state index in [1.54, 1.807) is 0 Å². The number of aliphatic hydroxyl groups excluding tert-OH is 2. The van der Waals surface area contributed by atoms with E-state index < -0.39 is 91.5 Å². The fourth-order valence-electron chi connectivity index (χ4n) is 11.0. The van der Waals surface area contributed by atoms with Gasteiger partial charge in [-0.05, 0) is 109 Å². The second kappa shape index (κ2) is 77.6. The lowest BCUT2D eigenvalue weighted by molar-refractivity contribution is -0.161. The molecule has 0 aliphatic rings. The first-order valence-corrected chi connectivity index (χ1v) is 43.8. The molecule has 0 rings (SSSR count). The molecule has 0 aromatic heterocycles. The van der Waals surface area contributed by atoms with E-state index in [0.717, 1.165) is 141 Å². The van der Waals surface area contributed by atoms with Gasteiger partial charge in [0.15, 0.2) is 6.10 Å². The average molecular weight is 1490 g/mol. The molecule has 103 heavy (non-hydrogen) atoms. The van der Waals surface area contributed by atoms with Crippen LogP contribution in [0.2, 0.25) is 0 Å². The molecule has 0 aromatic rings. The Morgan fingerprint density at radius 3 is 0.816 bits per heavy atom. The van der Waals surface area contributed by atoms with Crippen molar-refractivity contribution < 1.29 is 75.8 Å². The number of esters is 3. The predicted octanol–water partition coefficient (Wildman–Crippen LogP) is 24.1. The second-order valence-corrected chi connectivity index (χ2v) is 30.1. The Hall–Kier alpha value is -4.05. The Balaban J connectivity index is 4.42. The number of aliphatic hydroxyl groups is 2. The number of hydrogen-bond donors (Lipinski definition) is 4. The van der Waals surface area contributed by atoms with E-state index in [4.69, 9.17) is 32.3 Å². The summed E-state index contributed by atoms with van der Waals surface area (Å²) in [4.78, 5) is 58.6. The summed E-state index contributed by atoms with van der Waals surface area (Å²) in [5.41, 5.74) is 0. The van der Waals surface area contributed by atoms with Gasteiger partial charge in [0, 0.05) is 19.3 Å². The third-order valence-corrected chi connectivity index (χ3v) is 19.1. The second-order valence-electron chi connectivity index (χ2n) is 27.2. The van der Waals surface area contributed by atoms with Crippen LogP contribution in [0.4, 0.5) is 0 Å². The molecule has 0 aromatic carbocycles. The minimum Gasteiger partial charge on any atom is -0.463 e. The molecule has 5 unspecified atom stereocenters. The topological polar surface area (TPSA) is 231 Å². The third kappa shape index (κ3) is 78.8. The van der Waals surface area contributed by atoms with Crippen LogP contribution in [-0.4, -0.2) is 95.9 Å². The molecule has 0 heterocycles. The Bertz CT molecular complexity index is 2360. The van der Waals surface area contributed by atoms with Gasteiger partial charge in [0.25, 0.3) is 0 Å². The van der Waals surface area contributed by atoms with E-state index in [1.807, 2.05) is 0 Å². The van der Waals surface area contributed by atoms with Crippen LogP contribution in [0.25, 0.3) is 0 Å². The molecule has 0 amide bonds. The van der Waals surface area contributed by atoms with Crippen molar-refractivity contribution in [2.45, 2.75) is 360 Å². The van der Waals surface area contributed by atoms with Crippen molar-refractivity contribution in [2.75, 3.05) is 39.6 Å². The lowest BCUT2D eigenvalue weighted by Crippen LogP contribution is -2.30. The van der Waals surface area contributed by atoms with Crippen LogP contribution in [0, 0.1) is 0 Å². The molecule has 0 radical (unpaired) electrons. The molecule has 0 aliphatic heterocycles. The number of rotatable bonds is 77. The summed E-state index contributed by atoms with van der Waals surface area (Å²) in [5, 5.41) is 20.6. The van der Waals surface area contributed by atoms with E-state index in [-0.39, 0.29) is 19.3 Å². The first kappa shape index (κ1) is 98.9.